The van der Waals surface area contributed by atoms with Crippen LogP contribution < -0.4 is 0 Å². The van der Waals surface area contributed by atoms with Gasteiger partial charge in [-0.2, -0.15) is 0 Å². The van der Waals surface area contributed by atoms with Crippen molar-refractivity contribution in [1.29, 1.82) is 0 Å². The normalized spacial score (nSPS) is 21.2. The molecule has 88 valence electrons. The summed E-state index contributed by atoms with van der Waals surface area (Å²) in [5.41, 5.74) is 0. The number of benzene rings is 1. The van der Waals surface area contributed by atoms with Crippen LogP contribution in [-0.4, -0.2) is 26.9 Å². The molecule has 0 spiro atoms. The molecule has 1 heterocycles. The average Bonchev–Trinajstić information content (AvgIpc) is 2.70. The predicted octanol–water partition coefficient (Wildman–Crippen LogP) is 2.40. The quantitative estimate of drug-likeness (QED) is 0.861. The van der Waals surface area contributed by atoms with Gasteiger partial charge in [-0.05, 0) is 31.0 Å². The van der Waals surface area contributed by atoms with Gasteiger partial charge in [-0.1, -0.05) is 22.0 Å². The molecule has 1 unspecified atom stereocenters. The molecule has 0 aliphatic carbocycles. The van der Waals surface area contributed by atoms with Crippen LogP contribution in [0, 0.1) is 0 Å². The van der Waals surface area contributed by atoms with Crippen LogP contribution in [0.2, 0.25) is 0 Å². The summed E-state index contributed by atoms with van der Waals surface area (Å²) in [5.74, 6) is 0.0868. The van der Waals surface area contributed by atoms with E-state index in [2.05, 4.69) is 15.9 Å². The third kappa shape index (κ3) is 2.84. The summed E-state index contributed by atoms with van der Waals surface area (Å²) in [5, 5.41) is 0. The molecular weight excluding hydrogens is 292 g/mol. The maximum Gasteiger partial charge on any atom is 0.180 e. The first-order valence-corrected chi connectivity index (χ1v) is 7.62. The highest BCUT2D eigenvalue weighted by atomic mass is 79.9. The van der Waals surface area contributed by atoms with Crippen LogP contribution in [0.25, 0.3) is 0 Å². The van der Waals surface area contributed by atoms with Crippen LogP contribution in [0.3, 0.4) is 0 Å². The Labute approximate surface area is 104 Å². The maximum absolute atomic E-state index is 12.0. The van der Waals surface area contributed by atoms with Gasteiger partial charge in [0.2, 0.25) is 0 Å². The van der Waals surface area contributed by atoms with Crippen molar-refractivity contribution in [2.75, 3.05) is 12.4 Å². The fourth-order valence-corrected chi connectivity index (χ4v) is 3.87. The number of hydrogen-bond donors (Lipinski definition) is 0. The highest BCUT2D eigenvalue weighted by molar-refractivity contribution is 9.10. The molecule has 1 aliphatic heterocycles. The zero-order valence-corrected chi connectivity index (χ0v) is 11.1. The Kier molecular flexibility index (Phi) is 3.66. The molecule has 0 amide bonds. The van der Waals surface area contributed by atoms with E-state index in [0.29, 0.717) is 11.5 Å². The van der Waals surface area contributed by atoms with Gasteiger partial charge in [-0.25, -0.2) is 8.42 Å². The molecule has 1 aliphatic rings. The Balaban J connectivity index is 2.18. The third-order valence-corrected chi connectivity index (χ3v) is 4.86. The third-order valence-electron chi connectivity index (χ3n) is 2.58. The van der Waals surface area contributed by atoms with Crippen molar-refractivity contribution in [2.24, 2.45) is 0 Å². The minimum atomic E-state index is -3.22. The summed E-state index contributed by atoms with van der Waals surface area (Å²) in [6.45, 7) is 0.679. The molecule has 1 fully saturated rings. The van der Waals surface area contributed by atoms with E-state index in [4.69, 9.17) is 4.74 Å². The molecule has 5 heteroatoms. The highest BCUT2D eigenvalue weighted by Crippen LogP contribution is 2.21. The van der Waals surface area contributed by atoms with Crippen molar-refractivity contribution in [3.05, 3.63) is 28.7 Å². The number of halogens is 1. The lowest BCUT2D eigenvalue weighted by atomic mass is 10.3. The van der Waals surface area contributed by atoms with Gasteiger partial charge in [0, 0.05) is 11.1 Å². The fraction of sp³-hybridized carbons (Fsp3) is 0.455. The molecule has 1 atom stereocenters. The summed E-state index contributed by atoms with van der Waals surface area (Å²) in [6, 6.07) is 6.79. The van der Waals surface area contributed by atoms with E-state index < -0.39 is 9.84 Å². The van der Waals surface area contributed by atoms with E-state index in [9.17, 15) is 8.42 Å². The van der Waals surface area contributed by atoms with Gasteiger partial charge in [0.25, 0.3) is 0 Å². The molecular formula is C11H13BrO3S. The van der Waals surface area contributed by atoms with Crippen LogP contribution >= 0.6 is 15.9 Å². The van der Waals surface area contributed by atoms with Crippen molar-refractivity contribution in [1.82, 2.24) is 0 Å². The number of sulfone groups is 1. The first kappa shape index (κ1) is 12.1. The van der Waals surface area contributed by atoms with Crippen molar-refractivity contribution >= 4 is 25.8 Å². The number of hydrogen-bond acceptors (Lipinski definition) is 3. The average molecular weight is 305 g/mol. The maximum atomic E-state index is 12.0. The van der Waals surface area contributed by atoms with Crippen molar-refractivity contribution in [3.8, 4) is 0 Å². The molecule has 0 N–H and O–H groups in total. The van der Waals surface area contributed by atoms with Crippen molar-refractivity contribution in [2.45, 2.75) is 23.8 Å². The lowest BCUT2D eigenvalue weighted by molar-refractivity contribution is 0.127. The van der Waals surface area contributed by atoms with E-state index in [1.54, 1.807) is 18.2 Å². The van der Waals surface area contributed by atoms with Gasteiger partial charge in [0.05, 0.1) is 16.8 Å². The molecule has 3 nitrogen and oxygen atoms in total. The second-order valence-electron chi connectivity index (χ2n) is 3.87. The van der Waals surface area contributed by atoms with E-state index >= 15 is 0 Å². The van der Waals surface area contributed by atoms with Gasteiger partial charge in [-0.3, -0.25) is 0 Å². The molecule has 1 aromatic carbocycles. The van der Waals surface area contributed by atoms with Crippen LogP contribution in [0.15, 0.2) is 33.6 Å². The Morgan fingerprint density at radius 1 is 1.44 bits per heavy atom. The Morgan fingerprint density at radius 3 is 2.88 bits per heavy atom. The van der Waals surface area contributed by atoms with Gasteiger partial charge in [-0.15, -0.1) is 0 Å². The minimum absolute atomic E-state index is 0.0868. The monoisotopic (exact) mass is 304 g/mol. The summed E-state index contributed by atoms with van der Waals surface area (Å²) in [7, 11) is -3.22. The summed E-state index contributed by atoms with van der Waals surface area (Å²) >= 11 is 3.27. The topological polar surface area (TPSA) is 43.4 Å². The zero-order valence-electron chi connectivity index (χ0n) is 8.73. The van der Waals surface area contributed by atoms with Gasteiger partial charge < -0.3 is 4.74 Å². The largest absolute Gasteiger partial charge is 0.377 e. The Bertz CT molecular complexity index is 464. The van der Waals surface area contributed by atoms with E-state index in [-0.39, 0.29) is 11.9 Å². The van der Waals surface area contributed by atoms with Gasteiger partial charge in [0.15, 0.2) is 9.84 Å². The molecule has 0 radical (unpaired) electrons. The lowest BCUT2D eigenvalue weighted by Gasteiger charge is -2.10. The fourth-order valence-electron chi connectivity index (χ4n) is 1.78. The molecule has 1 saturated heterocycles. The number of rotatable bonds is 3. The standard InChI is InChI=1S/C11H13BrO3S/c12-9-3-1-5-11(7-9)16(13,14)8-10-4-2-6-15-10/h1,3,5,7,10H,2,4,6,8H2. The molecule has 0 bridgehead atoms. The van der Waals surface area contributed by atoms with Gasteiger partial charge in [0.1, 0.15) is 0 Å². The Hall–Kier alpha value is -0.390. The smallest absolute Gasteiger partial charge is 0.180 e. The summed E-state index contributed by atoms with van der Waals surface area (Å²) in [6.07, 6.45) is 1.66. The predicted molar refractivity (Wildman–Crippen MR) is 65.2 cm³/mol. The summed E-state index contributed by atoms with van der Waals surface area (Å²) in [4.78, 5) is 0.359. The molecule has 0 saturated carbocycles. The molecule has 16 heavy (non-hydrogen) atoms. The highest BCUT2D eigenvalue weighted by Gasteiger charge is 2.24. The minimum Gasteiger partial charge on any atom is -0.377 e. The van der Waals surface area contributed by atoms with Crippen LogP contribution in [0.1, 0.15) is 12.8 Å². The SMILES string of the molecule is O=S(=O)(CC1CCCO1)c1cccc(Br)c1. The van der Waals surface area contributed by atoms with E-state index in [1.807, 2.05) is 6.07 Å². The van der Waals surface area contributed by atoms with Crippen LogP contribution in [0.4, 0.5) is 0 Å². The summed E-state index contributed by atoms with van der Waals surface area (Å²) < 4.78 is 30.2. The van der Waals surface area contributed by atoms with Crippen LogP contribution in [-0.2, 0) is 14.6 Å². The van der Waals surface area contributed by atoms with Crippen LogP contribution in [0.5, 0.6) is 0 Å². The Morgan fingerprint density at radius 2 is 2.25 bits per heavy atom. The van der Waals surface area contributed by atoms with E-state index in [0.717, 1.165) is 17.3 Å². The molecule has 2 rings (SSSR count). The van der Waals surface area contributed by atoms with Crippen molar-refractivity contribution < 1.29 is 13.2 Å². The number of ether oxygens (including phenoxy) is 1. The second kappa shape index (κ2) is 4.85. The first-order chi connectivity index (χ1) is 7.58. The second-order valence-corrected chi connectivity index (χ2v) is 6.82. The lowest BCUT2D eigenvalue weighted by Crippen LogP contribution is -2.20. The zero-order chi connectivity index (χ0) is 11.6. The van der Waals surface area contributed by atoms with E-state index in [1.165, 1.54) is 0 Å². The van der Waals surface area contributed by atoms with Crippen molar-refractivity contribution in [3.63, 3.8) is 0 Å². The molecule has 1 aromatic rings. The first-order valence-electron chi connectivity index (χ1n) is 5.18. The molecule has 0 aromatic heterocycles. The van der Waals surface area contributed by atoms with Gasteiger partial charge >= 0.3 is 0 Å².